The SMILES string of the molecule is COc1ccc(C(=O)O)c(C2(C3Cc4ccccc4O3)CC2)c1. The van der Waals surface area contributed by atoms with E-state index in [0.29, 0.717) is 11.3 Å². The Morgan fingerprint density at radius 3 is 2.70 bits per heavy atom. The molecule has 1 saturated carbocycles. The quantitative estimate of drug-likeness (QED) is 0.940. The van der Waals surface area contributed by atoms with Crippen molar-refractivity contribution in [3.8, 4) is 11.5 Å². The molecule has 2 aromatic rings. The number of carboxylic acid groups (broad SMARTS) is 1. The number of carbonyl (C=O) groups is 1. The number of rotatable bonds is 4. The first-order valence-corrected chi connectivity index (χ1v) is 7.80. The van der Waals surface area contributed by atoms with Crippen molar-refractivity contribution >= 4 is 5.97 Å². The second-order valence-corrected chi connectivity index (χ2v) is 6.29. The molecule has 2 aliphatic rings. The van der Waals surface area contributed by atoms with Gasteiger partial charge in [-0.2, -0.15) is 0 Å². The average Bonchev–Trinajstić information content (AvgIpc) is 3.26. The maximum absolute atomic E-state index is 11.6. The summed E-state index contributed by atoms with van der Waals surface area (Å²) in [5, 5.41) is 9.56. The third-order valence-electron chi connectivity index (χ3n) is 5.05. The number of benzene rings is 2. The molecular weight excluding hydrogens is 292 g/mol. The van der Waals surface area contributed by atoms with Gasteiger partial charge in [0.15, 0.2) is 0 Å². The van der Waals surface area contributed by atoms with Crippen molar-refractivity contribution in [1.29, 1.82) is 0 Å². The van der Waals surface area contributed by atoms with Crippen molar-refractivity contribution < 1.29 is 19.4 Å². The van der Waals surface area contributed by atoms with Crippen LogP contribution in [-0.2, 0) is 11.8 Å². The van der Waals surface area contributed by atoms with Crippen LogP contribution in [0.2, 0.25) is 0 Å². The Kier molecular flexibility index (Phi) is 3.08. The zero-order valence-corrected chi connectivity index (χ0v) is 12.9. The summed E-state index contributed by atoms with van der Waals surface area (Å²) in [6, 6.07) is 13.2. The monoisotopic (exact) mass is 310 g/mol. The summed E-state index contributed by atoms with van der Waals surface area (Å²) in [5.74, 6) is 0.708. The van der Waals surface area contributed by atoms with Crippen molar-refractivity contribution in [2.45, 2.75) is 30.8 Å². The first kappa shape index (κ1) is 14.1. The third kappa shape index (κ3) is 2.17. The molecule has 1 aliphatic carbocycles. The van der Waals surface area contributed by atoms with Crippen molar-refractivity contribution in [3.05, 3.63) is 59.2 Å². The van der Waals surface area contributed by atoms with Gasteiger partial charge in [-0.25, -0.2) is 4.79 Å². The fourth-order valence-corrected chi connectivity index (χ4v) is 3.64. The van der Waals surface area contributed by atoms with Crippen LogP contribution in [0.3, 0.4) is 0 Å². The van der Waals surface area contributed by atoms with Crippen molar-refractivity contribution in [1.82, 2.24) is 0 Å². The molecule has 4 heteroatoms. The molecule has 0 bridgehead atoms. The molecule has 0 radical (unpaired) electrons. The fourth-order valence-electron chi connectivity index (χ4n) is 3.64. The van der Waals surface area contributed by atoms with Crippen molar-refractivity contribution in [3.63, 3.8) is 0 Å². The van der Waals surface area contributed by atoms with E-state index in [1.54, 1.807) is 19.2 Å². The predicted octanol–water partition coefficient (Wildman–Crippen LogP) is 3.43. The van der Waals surface area contributed by atoms with E-state index in [9.17, 15) is 9.90 Å². The van der Waals surface area contributed by atoms with Gasteiger partial charge in [-0.1, -0.05) is 18.2 Å². The van der Waals surface area contributed by atoms with Gasteiger partial charge < -0.3 is 14.6 Å². The van der Waals surface area contributed by atoms with Crippen LogP contribution in [0.15, 0.2) is 42.5 Å². The summed E-state index contributed by atoms with van der Waals surface area (Å²) in [6.45, 7) is 0. The normalized spacial score (nSPS) is 20.5. The van der Waals surface area contributed by atoms with Crippen molar-refractivity contribution in [2.75, 3.05) is 7.11 Å². The number of hydrogen-bond donors (Lipinski definition) is 1. The lowest BCUT2D eigenvalue weighted by Gasteiger charge is -2.25. The predicted molar refractivity (Wildman–Crippen MR) is 85.4 cm³/mol. The minimum Gasteiger partial charge on any atom is -0.497 e. The Bertz CT molecular complexity index is 752. The Hall–Kier alpha value is -2.49. The molecule has 1 fully saturated rings. The number of methoxy groups -OCH3 is 1. The van der Waals surface area contributed by atoms with Crippen LogP contribution in [0.4, 0.5) is 0 Å². The maximum atomic E-state index is 11.6. The van der Waals surface area contributed by atoms with Crippen LogP contribution in [-0.4, -0.2) is 24.3 Å². The summed E-state index contributed by atoms with van der Waals surface area (Å²) < 4.78 is 11.5. The van der Waals surface area contributed by atoms with Gasteiger partial charge in [0.1, 0.15) is 17.6 Å². The molecule has 0 aromatic heterocycles. The summed E-state index contributed by atoms with van der Waals surface area (Å²) in [5.41, 5.74) is 2.16. The molecule has 1 aliphatic heterocycles. The van der Waals surface area contributed by atoms with Gasteiger partial charge in [-0.15, -0.1) is 0 Å². The molecular formula is C19H18O4. The largest absolute Gasteiger partial charge is 0.497 e. The lowest BCUT2D eigenvalue weighted by Crippen LogP contribution is -2.32. The minimum absolute atomic E-state index is 0.00916. The second-order valence-electron chi connectivity index (χ2n) is 6.29. The van der Waals surface area contributed by atoms with Gasteiger partial charge >= 0.3 is 5.97 Å². The molecule has 118 valence electrons. The summed E-state index contributed by atoms with van der Waals surface area (Å²) in [6.07, 6.45) is 2.70. The highest BCUT2D eigenvalue weighted by molar-refractivity contribution is 5.90. The number of fused-ring (bicyclic) bond motifs is 1. The molecule has 1 heterocycles. The molecule has 23 heavy (non-hydrogen) atoms. The van der Waals surface area contributed by atoms with Gasteiger partial charge in [0.05, 0.1) is 12.7 Å². The van der Waals surface area contributed by atoms with E-state index in [1.807, 2.05) is 24.3 Å². The first-order chi connectivity index (χ1) is 11.1. The highest BCUT2D eigenvalue weighted by Crippen LogP contribution is 2.56. The molecule has 1 atom stereocenters. The van der Waals surface area contributed by atoms with E-state index >= 15 is 0 Å². The van der Waals surface area contributed by atoms with Crippen LogP contribution in [0.25, 0.3) is 0 Å². The summed E-state index contributed by atoms with van der Waals surface area (Å²) >= 11 is 0. The number of carboxylic acids is 1. The van der Waals surface area contributed by atoms with Crippen LogP contribution >= 0.6 is 0 Å². The molecule has 2 aromatic carbocycles. The second kappa shape index (κ2) is 5.01. The lowest BCUT2D eigenvalue weighted by atomic mass is 9.84. The zero-order chi connectivity index (χ0) is 16.0. The van der Waals surface area contributed by atoms with Crippen molar-refractivity contribution in [2.24, 2.45) is 0 Å². The Morgan fingerprint density at radius 2 is 2.04 bits per heavy atom. The topological polar surface area (TPSA) is 55.8 Å². The molecule has 1 unspecified atom stereocenters. The van der Waals surface area contributed by atoms with E-state index in [2.05, 4.69) is 6.07 Å². The smallest absolute Gasteiger partial charge is 0.335 e. The highest BCUT2D eigenvalue weighted by Gasteiger charge is 2.55. The van der Waals surface area contributed by atoms with E-state index < -0.39 is 5.97 Å². The van der Waals surface area contributed by atoms with Gasteiger partial charge in [0.25, 0.3) is 0 Å². The average molecular weight is 310 g/mol. The molecule has 4 nitrogen and oxygen atoms in total. The standard InChI is InChI=1S/C19H18O4/c1-22-13-6-7-14(18(20)21)15(11-13)19(8-9-19)17-10-12-4-2-3-5-16(12)23-17/h2-7,11,17H,8-10H2,1H3,(H,20,21). The van der Waals surface area contributed by atoms with E-state index in [0.717, 1.165) is 30.6 Å². The maximum Gasteiger partial charge on any atom is 0.335 e. The van der Waals surface area contributed by atoms with Gasteiger partial charge in [-0.05, 0) is 48.2 Å². The van der Waals surface area contributed by atoms with Gasteiger partial charge in [0.2, 0.25) is 0 Å². The third-order valence-corrected chi connectivity index (χ3v) is 5.05. The van der Waals surface area contributed by atoms with Gasteiger partial charge in [-0.3, -0.25) is 0 Å². The number of hydrogen-bond acceptors (Lipinski definition) is 3. The Labute approximate surface area is 134 Å². The molecule has 4 rings (SSSR count). The zero-order valence-electron chi connectivity index (χ0n) is 12.9. The molecule has 0 spiro atoms. The number of para-hydroxylation sites is 1. The van der Waals surface area contributed by atoms with E-state index in [-0.39, 0.29) is 11.5 Å². The number of aromatic carboxylic acids is 1. The Balaban J connectivity index is 1.75. The van der Waals surface area contributed by atoms with E-state index in [1.165, 1.54) is 5.56 Å². The Morgan fingerprint density at radius 1 is 1.26 bits per heavy atom. The lowest BCUT2D eigenvalue weighted by molar-refractivity contribution is 0.0693. The minimum atomic E-state index is -0.899. The molecule has 0 amide bonds. The summed E-state index contributed by atoms with van der Waals surface area (Å²) in [7, 11) is 1.60. The summed E-state index contributed by atoms with van der Waals surface area (Å²) in [4.78, 5) is 11.6. The van der Waals surface area contributed by atoms with Gasteiger partial charge in [0, 0.05) is 11.8 Å². The molecule has 0 saturated heterocycles. The fraction of sp³-hybridized carbons (Fsp3) is 0.316. The van der Waals surface area contributed by atoms with Crippen LogP contribution in [0.5, 0.6) is 11.5 Å². The van der Waals surface area contributed by atoms with Crippen LogP contribution < -0.4 is 9.47 Å². The van der Waals surface area contributed by atoms with E-state index in [4.69, 9.17) is 9.47 Å². The number of ether oxygens (including phenoxy) is 2. The van der Waals surface area contributed by atoms with Crippen LogP contribution in [0.1, 0.15) is 34.3 Å². The van der Waals surface area contributed by atoms with Crippen LogP contribution in [0, 0.1) is 0 Å². The first-order valence-electron chi connectivity index (χ1n) is 7.80. The molecule has 1 N–H and O–H groups in total. The highest BCUT2D eigenvalue weighted by atomic mass is 16.5.